The third-order valence-electron chi connectivity index (χ3n) is 3.88. The van der Waals surface area contributed by atoms with Gasteiger partial charge in [0, 0.05) is 32.2 Å². The van der Waals surface area contributed by atoms with Crippen LogP contribution < -0.4 is 15.4 Å². The molecule has 21 heavy (non-hydrogen) atoms. The molecule has 0 saturated carbocycles. The predicted molar refractivity (Wildman–Crippen MR) is 80.1 cm³/mol. The number of nitrogens with one attached hydrogen (secondary N) is 2. The van der Waals surface area contributed by atoms with Crippen LogP contribution in [0, 0.1) is 5.82 Å². The Morgan fingerprint density at radius 2 is 2.05 bits per heavy atom. The number of hydrogen-bond acceptors (Lipinski definition) is 4. The van der Waals surface area contributed by atoms with Gasteiger partial charge in [-0.25, -0.2) is 4.39 Å². The van der Waals surface area contributed by atoms with Crippen molar-refractivity contribution in [3.63, 3.8) is 0 Å². The summed E-state index contributed by atoms with van der Waals surface area (Å²) in [4.78, 5) is 14.7. The summed E-state index contributed by atoms with van der Waals surface area (Å²) in [5.74, 6) is -0.208. The molecule has 1 aromatic rings. The van der Waals surface area contributed by atoms with Crippen LogP contribution in [-0.2, 0) is 4.79 Å². The topological polar surface area (TPSA) is 53.6 Å². The van der Waals surface area contributed by atoms with Gasteiger partial charge in [0.05, 0.1) is 18.3 Å². The minimum absolute atomic E-state index is 0.130. The Morgan fingerprint density at radius 1 is 1.38 bits per heavy atom. The number of rotatable bonds is 4. The zero-order chi connectivity index (χ0) is 15.5. The molecule has 0 aliphatic carbocycles. The minimum atomic E-state index is -0.637. The maximum atomic E-state index is 13.2. The van der Waals surface area contributed by atoms with Gasteiger partial charge in [0.2, 0.25) is 5.91 Å². The van der Waals surface area contributed by atoms with E-state index in [1.807, 2.05) is 13.8 Å². The Kier molecular flexibility index (Phi) is 4.80. The number of halogens is 1. The second-order valence-electron chi connectivity index (χ2n) is 5.59. The number of nitrogens with zero attached hydrogens (tertiary/aromatic N) is 1. The molecule has 1 fully saturated rings. The third kappa shape index (κ3) is 3.51. The van der Waals surface area contributed by atoms with Crippen LogP contribution in [0.1, 0.15) is 13.8 Å². The molecule has 116 valence electrons. The highest BCUT2D eigenvalue weighted by molar-refractivity contribution is 5.98. The molecular formula is C15H22FN3O2. The fraction of sp³-hybridized carbons (Fsp3) is 0.533. The summed E-state index contributed by atoms with van der Waals surface area (Å²) in [6, 6.07) is 4.07. The van der Waals surface area contributed by atoms with Gasteiger partial charge in [-0.1, -0.05) is 0 Å². The van der Waals surface area contributed by atoms with Crippen LogP contribution >= 0.6 is 0 Å². The molecule has 1 saturated heterocycles. The lowest BCUT2D eigenvalue weighted by Gasteiger charge is -2.39. The number of anilines is 1. The number of amides is 1. The monoisotopic (exact) mass is 295 g/mol. The Balaban J connectivity index is 2.13. The van der Waals surface area contributed by atoms with Crippen molar-refractivity contribution in [2.75, 3.05) is 38.6 Å². The summed E-state index contributed by atoms with van der Waals surface area (Å²) < 4.78 is 18.3. The Labute approximate surface area is 124 Å². The molecule has 0 spiro atoms. The first-order valence-electron chi connectivity index (χ1n) is 7.06. The van der Waals surface area contributed by atoms with Gasteiger partial charge in [-0.05, 0) is 26.0 Å². The van der Waals surface area contributed by atoms with E-state index < -0.39 is 11.4 Å². The molecule has 1 heterocycles. The van der Waals surface area contributed by atoms with Crippen molar-refractivity contribution in [3.8, 4) is 5.75 Å². The molecule has 6 heteroatoms. The first-order chi connectivity index (χ1) is 9.95. The van der Waals surface area contributed by atoms with E-state index in [1.54, 1.807) is 0 Å². The highest BCUT2D eigenvalue weighted by Crippen LogP contribution is 2.27. The summed E-state index contributed by atoms with van der Waals surface area (Å²) in [6.45, 7) is 7.17. The van der Waals surface area contributed by atoms with Crippen molar-refractivity contribution in [2.24, 2.45) is 0 Å². The fourth-order valence-corrected chi connectivity index (χ4v) is 2.41. The van der Waals surface area contributed by atoms with Gasteiger partial charge < -0.3 is 15.4 Å². The molecule has 1 aliphatic rings. The van der Waals surface area contributed by atoms with Gasteiger partial charge in [-0.3, -0.25) is 9.69 Å². The number of methoxy groups -OCH3 is 1. The van der Waals surface area contributed by atoms with E-state index in [-0.39, 0.29) is 5.91 Å². The lowest BCUT2D eigenvalue weighted by atomic mass is 10.00. The second-order valence-corrected chi connectivity index (χ2v) is 5.59. The highest BCUT2D eigenvalue weighted by atomic mass is 19.1. The van der Waals surface area contributed by atoms with Crippen LogP contribution in [-0.4, -0.2) is 49.6 Å². The largest absolute Gasteiger partial charge is 0.494 e. The minimum Gasteiger partial charge on any atom is -0.494 e. The van der Waals surface area contributed by atoms with Crippen LogP contribution in [0.15, 0.2) is 18.2 Å². The van der Waals surface area contributed by atoms with Crippen molar-refractivity contribution in [1.29, 1.82) is 0 Å². The smallest absolute Gasteiger partial charge is 0.244 e. The van der Waals surface area contributed by atoms with Gasteiger partial charge in [-0.15, -0.1) is 0 Å². The molecule has 0 radical (unpaired) electrons. The maximum absolute atomic E-state index is 13.2. The Morgan fingerprint density at radius 3 is 2.67 bits per heavy atom. The molecule has 0 unspecified atom stereocenters. The predicted octanol–water partition coefficient (Wildman–Crippen LogP) is 1.46. The van der Waals surface area contributed by atoms with Gasteiger partial charge in [0.1, 0.15) is 11.6 Å². The van der Waals surface area contributed by atoms with E-state index in [0.717, 1.165) is 26.2 Å². The molecule has 0 bridgehead atoms. The van der Waals surface area contributed by atoms with Crippen LogP contribution in [0.25, 0.3) is 0 Å². The van der Waals surface area contributed by atoms with Crippen molar-refractivity contribution >= 4 is 11.6 Å². The standard InChI is InChI=1S/C15H22FN3O2/c1-15(2,19-8-6-17-7-9-19)14(20)18-12-5-4-11(16)10-13(12)21-3/h4-5,10,17H,6-9H2,1-3H3,(H,18,20). The molecular weight excluding hydrogens is 273 g/mol. The van der Waals surface area contributed by atoms with Gasteiger partial charge in [0.25, 0.3) is 0 Å². The number of hydrogen-bond donors (Lipinski definition) is 2. The summed E-state index contributed by atoms with van der Waals surface area (Å²) in [5.41, 5.74) is -0.159. The number of carbonyl (C=O) groups is 1. The van der Waals surface area contributed by atoms with Crippen molar-refractivity contribution in [3.05, 3.63) is 24.0 Å². The van der Waals surface area contributed by atoms with Crippen LogP contribution in [0.2, 0.25) is 0 Å². The molecule has 1 amide bonds. The fourth-order valence-electron chi connectivity index (χ4n) is 2.41. The Bertz CT molecular complexity index is 514. The van der Waals surface area contributed by atoms with E-state index in [4.69, 9.17) is 4.74 Å². The zero-order valence-corrected chi connectivity index (χ0v) is 12.7. The van der Waals surface area contributed by atoms with Gasteiger partial charge >= 0.3 is 0 Å². The van der Waals surface area contributed by atoms with E-state index in [9.17, 15) is 9.18 Å². The molecule has 0 atom stereocenters. The lowest BCUT2D eigenvalue weighted by molar-refractivity contribution is -0.126. The molecule has 5 nitrogen and oxygen atoms in total. The van der Waals surface area contributed by atoms with Crippen molar-refractivity contribution in [2.45, 2.75) is 19.4 Å². The summed E-state index contributed by atoms with van der Waals surface area (Å²) in [6.07, 6.45) is 0. The van der Waals surface area contributed by atoms with E-state index in [0.29, 0.717) is 11.4 Å². The SMILES string of the molecule is COc1cc(F)ccc1NC(=O)C(C)(C)N1CCNCC1. The normalized spacial score (nSPS) is 16.6. The van der Waals surface area contributed by atoms with E-state index >= 15 is 0 Å². The first-order valence-corrected chi connectivity index (χ1v) is 7.06. The molecule has 2 N–H and O–H groups in total. The maximum Gasteiger partial charge on any atom is 0.244 e. The van der Waals surface area contributed by atoms with Crippen LogP contribution in [0.5, 0.6) is 5.75 Å². The first kappa shape index (κ1) is 15.7. The molecule has 2 rings (SSSR count). The summed E-state index contributed by atoms with van der Waals surface area (Å²) >= 11 is 0. The quantitative estimate of drug-likeness (QED) is 0.883. The van der Waals surface area contributed by atoms with Crippen molar-refractivity contribution in [1.82, 2.24) is 10.2 Å². The van der Waals surface area contributed by atoms with Gasteiger partial charge in [-0.2, -0.15) is 0 Å². The Hall–Kier alpha value is -1.66. The highest BCUT2D eigenvalue weighted by Gasteiger charge is 2.35. The van der Waals surface area contributed by atoms with E-state index in [1.165, 1.54) is 25.3 Å². The number of benzene rings is 1. The lowest BCUT2D eigenvalue weighted by Crippen LogP contribution is -2.58. The van der Waals surface area contributed by atoms with Gasteiger partial charge in [0.15, 0.2) is 0 Å². The van der Waals surface area contributed by atoms with Crippen molar-refractivity contribution < 1.29 is 13.9 Å². The molecule has 0 aromatic heterocycles. The third-order valence-corrected chi connectivity index (χ3v) is 3.88. The number of piperazine rings is 1. The van der Waals surface area contributed by atoms with E-state index in [2.05, 4.69) is 15.5 Å². The second kappa shape index (κ2) is 6.41. The average molecular weight is 295 g/mol. The average Bonchev–Trinajstić information content (AvgIpc) is 2.49. The van der Waals surface area contributed by atoms with Crippen LogP contribution in [0.3, 0.4) is 0 Å². The number of ether oxygens (including phenoxy) is 1. The molecule has 1 aliphatic heterocycles. The van der Waals surface area contributed by atoms with Crippen LogP contribution in [0.4, 0.5) is 10.1 Å². The zero-order valence-electron chi connectivity index (χ0n) is 12.7. The summed E-state index contributed by atoms with van der Waals surface area (Å²) in [7, 11) is 1.45. The summed E-state index contributed by atoms with van der Waals surface area (Å²) in [5, 5.41) is 6.10. The number of carbonyl (C=O) groups excluding carboxylic acids is 1. The molecule has 1 aromatic carbocycles.